The Hall–Kier alpha value is -2.46. The number of benzene rings is 1. The van der Waals surface area contributed by atoms with Crippen molar-refractivity contribution in [1.82, 2.24) is 15.0 Å². The Bertz CT molecular complexity index is 785. The van der Waals surface area contributed by atoms with Crippen molar-refractivity contribution in [3.8, 4) is 0 Å². The number of hydrogen-bond acceptors (Lipinski definition) is 4. The van der Waals surface area contributed by atoms with Gasteiger partial charge in [-0.3, -0.25) is 4.98 Å². The molecule has 0 fully saturated rings. The van der Waals surface area contributed by atoms with E-state index >= 15 is 0 Å². The summed E-state index contributed by atoms with van der Waals surface area (Å²) in [5, 5.41) is 4.14. The molecule has 1 N–H and O–H groups in total. The molecule has 0 radical (unpaired) electrons. The van der Waals surface area contributed by atoms with Crippen LogP contribution in [0.1, 0.15) is 28.8 Å². The number of aromatic nitrogens is 3. The van der Waals surface area contributed by atoms with E-state index in [1.165, 1.54) is 0 Å². The average Bonchev–Trinajstić information content (AvgIpc) is 2.52. The SMILES string of the molecule is Cc1cc(NC(c2cccc(Cl)c2)c2ccccn2)nc(C)n1. The Kier molecular flexibility index (Phi) is 4.53. The molecule has 3 aromatic rings. The van der Waals surface area contributed by atoms with Crippen LogP contribution in [0.15, 0.2) is 54.7 Å². The van der Waals surface area contributed by atoms with Gasteiger partial charge in [-0.25, -0.2) is 9.97 Å². The highest BCUT2D eigenvalue weighted by Crippen LogP contribution is 2.26. The van der Waals surface area contributed by atoms with E-state index in [1.54, 1.807) is 6.20 Å². The van der Waals surface area contributed by atoms with E-state index < -0.39 is 0 Å². The largest absolute Gasteiger partial charge is 0.357 e. The van der Waals surface area contributed by atoms with Crippen molar-refractivity contribution in [2.45, 2.75) is 19.9 Å². The maximum atomic E-state index is 6.16. The minimum Gasteiger partial charge on any atom is -0.357 e. The third-order valence-electron chi connectivity index (χ3n) is 3.42. The Labute approximate surface area is 140 Å². The molecule has 1 aromatic carbocycles. The number of hydrogen-bond donors (Lipinski definition) is 1. The van der Waals surface area contributed by atoms with E-state index in [9.17, 15) is 0 Å². The summed E-state index contributed by atoms with van der Waals surface area (Å²) in [6.45, 7) is 3.84. The van der Waals surface area contributed by atoms with Gasteiger partial charge in [-0.05, 0) is 43.7 Å². The third-order valence-corrected chi connectivity index (χ3v) is 3.66. The van der Waals surface area contributed by atoms with Gasteiger partial charge in [0, 0.05) is 23.0 Å². The molecule has 3 rings (SSSR count). The van der Waals surface area contributed by atoms with Crippen molar-refractivity contribution in [2.24, 2.45) is 0 Å². The number of halogens is 1. The zero-order chi connectivity index (χ0) is 16.2. The maximum Gasteiger partial charge on any atom is 0.130 e. The Morgan fingerprint density at radius 3 is 2.57 bits per heavy atom. The number of pyridine rings is 1. The highest BCUT2D eigenvalue weighted by molar-refractivity contribution is 6.30. The molecule has 0 amide bonds. The molecule has 23 heavy (non-hydrogen) atoms. The van der Waals surface area contributed by atoms with Crippen LogP contribution in [0.3, 0.4) is 0 Å². The molecular weight excluding hydrogens is 308 g/mol. The summed E-state index contributed by atoms with van der Waals surface area (Å²) in [6, 6.07) is 15.4. The predicted molar refractivity (Wildman–Crippen MR) is 92.7 cm³/mol. The first-order valence-electron chi connectivity index (χ1n) is 7.37. The zero-order valence-electron chi connectivity index (χ0n) is 13.0. The number of nitrogens with zero attached hydrogens (tertiary/aromatic N) is 3. The second-order valence-corrected chi connectivity index (χ2v) is 5.77. The molecule has 0 spiro atoms. The van der Waals surface area contributed by atoms with Gasteiger partial charge in [-0.1, -0.05) is 29.8 Å². The Morgan fingerprint density at radius 1 is 1.00 bits per heavy atom. The van der Waals surface area contributed by atoms with E-state index in [4.69, 9.17) is 11.6 Å². The molecule has 116 valence electrons. The lowest BCUT2D eigenvalue weighted by Gasteiger charge is -2.20. The van der Waals surface area contributed by atoms with Crippen LogP contribution < -0.4 is 5.32 Å². The van der Waals surface area contributed by atoms with Crippen LogP contribution in [0.5, 0.6) is 0 Å². The molecule has 0 aliphatic carbocycles. The second-order valence-electron chi connectivity index (χ2n) is 5.33. The molecule has 1 atom stereocenters. The monoisotopic (exact) mass is 324 g/mol. The summed E-state index contributed by atoms with van der Waals surface area (Å²) in [5.41, 5.74) is 2.86. The zero-order valence-corrected chi connectivity index (χ0v) is 13.7. The normalized spacial score (nSPS) is 12.0. The summed E-state index contributed by atoms with van der Waals surface area (Å²) in [4.78, 5) is 13.3. The number of nitrogens with one attached hydrogen (secondary N) is 1. The van der Waals surface area contributed by atoms with E-state index in [0.29, 0.717) is 5.02 Å². The number of rotatable bonds is 4. The lowest BCUT2D eigenvalue weighted by atomic mass is 10.0. The second kappa shape index (κ2) is 6.75. The summed E-state index contributed by atoms with van der Waals surface area (Å²) >= 11 is 6.16. The first kappa shape index (κ1) is 15.4. The van der Waals surface area contributed by atoms with Crippen molar-refractivity contribution in [3.63, 3.8) is 0 Å². The first-order chi connectivity index (χ1) is 11.1. The van der Waals surface area contributed by atoms with Gasteiger partial charge in [0.2, 0.25) is 0 Å². The van der Waals surface area contributed by atoms with E-state index in [1.807, 2.05) is 62.4 Å². The summed E-state index contributed by atoms with van der Waals surface area (Å²) in [5.74, 6) is 1.50. The van der Waals surface area contributed by atoms with Crippen molar-refractivity contribution in [1.29, 1.82) is 0 Å². The summed E-state index contributed by atoms with van der Waals surface area (Å²) in [6.07, 6.45) is 1.78. The van der Waals surface area contributed by atoms with Crippen LogP contribution >= 0.6 is 11.6 Å². The standard InChI is InChI=1S/C18H17ClN4/c1-12-10-17(22-13(2)21-12)23-18(16-8-3-4-9-20-16)14-6-5-7-15(19)11-14/h3-11,18H,1-2H3,(H,21,22,23). The highest BCUT2D eigenvalue weighted by atomic mass is 35.5. The van der Waals surface area contributed by atoms with Gasteiger partial charge in [0.25, 0.3) is 0 Å². The van der Waals surface area contributed by atoms with Gasteiger partial charge >= 0.3 is 0 Å². The van der Waals surface area contributed by atoms with Crippen LogP contribution in [0.2, 0.25) is 5.02 Å². The van der Waals surface area contributed by atoms with Gasteiger partial charge in [0.1, 0.15) is 11.6 Å². The number of anilines is 1. The lowest BCUT2D eigenvalue weighted by molar-refractivity contribution is 0.868. The minimum atomic E-state index is -0.136. The molecule has 0 aliphatic heterocycles. The van der Waals surface area contributed by atoms with Crippen LogP contribution in [0.4, 0.5) is 5.82 Å². The first-order valence-corrected chi connectivity index (χ1v) is 7.75. The molecule has 0 aliphatic rings. The average molecular weight is 325 g/mol. The molecule has 2 aromatic heterocycles. The van der Waals surface area contributed by atoms with Crippen LogP contribution in [-0.2, 0) is 0 Å². The van der Waals surface area contributed by atoms with E-state index in [-0.39, 0.29) is 6.04 Å². The molecule has 0 saturated heterocycles. The van der Waals surface area contributed by atoms with E-state index in [2.05, 4.69) is 20.3 Å². The smallest absolute Gasteiger partial charge is 0.130 e. The Balaban J connectivity index is 2.02. The third kappa shape index (κ3) is 3.85. The molecule has 5 heteroatoms. The lowest BCUT2D eigenvalue weighted by Crippen LogP contribution is -2.15. The topological polar surface area (TPSA) is 50.7 Å². The van der Waals surface area contributed by atoms with Gasteiger partial charge in [0.05, 0.1) is 11.7 Å². The molecular formula is C18H17ClN4. The molecule has 4 nitrogen and oxygen atoms in total. The van der Waals surface area contributed by atoms with Gasteiger partial charge in [-0.2, -0.15) is 0 Å². The van der Waals surface area contributed by atoms with Crippen LogP contribution in [0.25, 0.3) is 0 Å². The molecule has 0 saturated carbocycles. The summed E-state index contributed by atoms with van der Waals surface area (Å²) in [7, 11) is 0. The quantitative estimate of drug-likeness (QED) is 0.775. The molecule has 2 heterocycles. The van der Waals surface area contributed by atoms with Gasteiger partial charge in [-0.15, -0.1) is 0 Å². The van der Waals surface area contributed by atoms with Crippen LogP contribution in [-0.4, -0.2) is 15.0 Å². The van der Waals surface area contributed by atoms with Gasteiger partial charge < -0.3 is 5.32 Å². The number of aryl methyl sites for hydroxylation is 2. The summed E-state index contributed by atoms with van der Waals surface area (Å²) < 4.78 is 0. The fraction of sp³-hybridized carbons (Fsp3) is 0.167. The van der Waals surface area contributed by atoms with Gasteiger partial charge in [0.15, 0.2) is 0 Å². The predicted octanol–water partition coefficient (Wildman–Crippen LogP) is 4.34. The van der Waals surface area contributed by atoms with Crippen molar-refractivity contribution in [3.05, 3.63) is 82.5 Å². The fourth-order valence-corrected chi connectivity index (χ4v) is 2.70. The highest BCUT2D eigenvalue weighted by Gasteiger charge is 2.16. The van der Waals surface area contributed by atoms with Crippen LogP contribution in [0, 0.1) is 13.8 Å². The van der Waals surface area contributed by atoms with Crippen molar-refractivity contribution in [2.75, 3.05) is 5.32 Å². The van der Waals surface area contributed by atoms with Crippen molar-refractivity contribution >= 4 is 17.4 Å². The maximum absolute atomic E-state index is 6.16. The van der Waals surface area contributed by atoms with E-state index in [0.717, 1.165) is 28.6 Å². The fourth-order valence-electron chi connectivity index (χ4n) is 2.50. The Morgan fingerprint density at radius 2 is 1.87 bits per heavy atom. The minimum absolute atomic E-state index is 0.136. The van der Waals surface area contributed by atoms with Crippen molar-refractivity contribution < 1.29 is 0 Å². The molecule has 0 bridgehead atoms. The molecule has 1 unspecified atom stereocenters.